The molecule has 0 aliphatic carbocycles. The minimum atomic E-state index is -5.50. The number of ketones is 1. The number of aromatic amines is 1. The van der Waals surface area contributed by atoms with Gasteiger partial charge >= 0.3 is 55.3 Å². The Morgan fingerprint density at radius 2 is 1.15 bits per heavy atom. The average molecular weight is 969 g/mol. The van der Waals surface area contributed by atoms with Gasteiger partial charge < -0.3 is 52.2 Å². The minimum Gasteiger partial charge on any atom is -0.465 e. The van der Waals surface area contributed by atoms with Crippen molar-refractivity contribution in [1.29, 1.82) is 0 Å². The van der Waals surface area contributed by atoms with Crippen molar-refractivity contribution in [2.24, 2.45) is 10.8 Å². The molecular weight excluding hydrogens is 911 g/mol. The van der Waals surface area contributed by atoms with Gasteiger partial charge in [-0.1, -0.05) is 0 Å². The number of nitrogens with zero attached hydrogens (tertiary/aromatic N) is 1. The number of H-pyrrole nitrogens is 1. The number of hydrogen-bond acceptors (Lipinski definition) is 24. The van der Waals surface area contributed by atoms with E-state index in [0.717, 1.165) is 18.4 Å². The molecule has 0 unspecified atom stereocenters. The fraction of sp³-hybridized carbons (Fsp3) is 0.692. The van der Waals surface area contributed by atoms with Crippen molar-refractivity contribution in [1.82, 2.24) is 9.55 Å². The number of carbonyl (C=O) groups is 8. The lowest BCUT2D eigenvalue weighted by molar-refractivity contribution is -0.185. The molecule has 66 heavy (non-hydrogen) atoms. The number of aromatic nitrogens is 2. The van der Waals surface area contributed by atoms with Crippen molar-refractivity contribution < 1.29 is 104 Å². The number of aryl methyl sites for hydroxylation is 1. The summed E-state index contributed by atoms with van der Waals surface area (Å²) in [4.78, 5) is 129. The predicted molar refractivity (Wildman–Crippen MR) is 216 cm³/mol. The summed E-state index contributed by atoms with van der Waals surface area (Å²) in [7, 11) is -5.50. The zero-order valence-electron chi connectivity index (χ0n) is 37.9. The Labute approximate surface area is 377 Å². The van der Waals surface area contributed by atoms with Gasteiger partial charge in [0.15, 0.2) is 13.6 Å². The molecule has 1 fully saturated rings. The third kappa shape index (κ3) is 16.8. The van der Waals surface area contributed by atoms with E-state index in [9.17, 15) is 47.9 Å². The van der Waals surface area contributed by atoms with E-state index in [0.29, 0.717) is 0 Å². The Balaban J connectivity index is 2.78. The lowest BCUT2D eigenvalue weighted by Gasteiger charge is -2.32. The van der Waals surface area contributed by atoms with E-state index in [1.807, 2.05) is 0 Å². The van der Waals surface area contributed by atoms with Gasteiger partial charge in [-0.15, -0.1) is 0 Å². The van der Waals surface area contributed by atoms with Gasteiger partial charge in [0.1, 0.15) is 24.2 Å². The maximum absolute atomic E-state index is 15.0. The first-order valence-corrected chi connectivity index (χ1v) is 21.9. The van der Waals surface area contributed by atoms with Crippen LogP contribution in [-0.2, 0) is 104 Å². The van der Waals surface area contributed by atoms with E-state index in [2.05, 4.69) is 4.98 Å². The highest BCUT2D eigenvalue weighted by Gasteiger charge is 2.55. The number of esters is 7. The highest BCUT2D eigenvalue weighted by Crippen LogP contribution is 2.53. The number of Topliss-reactive ketones (excluding diaryl/α,β-unsaturated/α-hetero) is 1. The van der Waals surface area contributed by atoms with E-state index in [4.69, 9.17) is 60.9 Å². The lowest BCUT2D eigenvalue weighted by Crippen LogP contribution is -2.50. The zero-order chi connectivity index (χ0) is 49.7. The molecule has 0 amide bonds. The SMILES string of the molecule is CCOC(=O)C(COCOC(C)=O)(COP(=O)(OC[C@H]1O[C@@H](n2cc(C)c(=O)[nH]c2=O)C[C@@H]1OC(=O)CCC(C)=O)OCC(COCOC(C)=O)(C(=O)OCC)C(=O)OCC)C(=O)OCC. The van der Waals surface area contributed by atoms with Gasteiger partial charge in [-0.25, -0.2) is 9.36 Å². The van der Waals surface area contributed by atoms with Crippen molar-refractivity contribution >= 4 is 55.4 Å². The number of phosphoric acid groups is 1. The average Bonchev–Trinajstić information content (AvgIpc) is 3.64. The largest absolute Gasteiger partial charge is 0.474 e. The van der Waals surface area contributed by atoms with Gasteiger partial charge in [0.05, 0.1) is 65.9 Å². The molecule has 1 aromatic rings. The normalized spacial score (nSPS) is 16.2. The maximum Gasteiger partial charge on any atom is 0.474 e. The third-order valence-electron chi connectivity index (χ3n) is 8.99. The van der Waals surface area contributed by atoms with Crippen LogP contribution in [0.3, 0.4) is 0 Å². The first kappa shape index (κ1) is 56.8. The second kappa shape index (κ2) is 27.3. The summed E-state index contributed by atoms with van der Waals surface area (Å²) in [5, 5.41) is 0. The summed E-state index contributed by atoms with van der Waals surface area (Å²) >= 11 is 0. The molecule has 1 aromatic heterocycles. The predicted octanol–water partition coefficient (Wildman–Crippen LogP) is 0.871. The second-order valence-electron chi connectivity index (χ2n) is 14.1. The molecule has 27 heteroatoms. The molecule has 1 saturated heterocycles. The molecule has 3 atom stereocenters. The van der Waals surface area contributed by atoms with Crippen LogP contribution >= 0.6 is 7.82 Å². The van der Waals surface area contributed by atoms with E-state index < -0.39 is 137 Å². The molecule has 0 aromatic carbocycles. The maximum atomic E-state index is 15.0. The summed E-state index contributed by atoms with van der Waals surface area (Å²) in [6, 6.07) is 0. The molecule has 0 saturated carbocycles. The van der Waals surface area contributed by atoms with Crippen LogP contribution in [0.4, 0.5) is 0 Å². The summed E-state index contributed by atoms with van der Waals surface area (Å²) in [5.74, 6) is -8.27. The van der Waals surface area contributed by atoms with Crippen LogP contribution in [0, 0.1) is 17.8 Å². The highest BCUT2D eigenvalue weighted by molar-refractivity contribution is 7.48. The third-order valence-corrected chi connectivity index (χ3v) is 10.3. The summed E-state index contributed by atoms with van der Waals surface area (Å²) in [6.45, 7) is 1.75. The molecule has 0 radical (unpaired) electrons. The Kier molecular flexibility index (Phi) is 23.5. The van der Waals surface area contributed by atoms with Crippen LogP contribution < -0.4 is 11.2 Å². The van der Waals surface area contributed by atoms with E-state index in [1.165, 1.54) is 47.7 Å². The molecule has 2 rings (SSSR count). The van der Waals surface area contributed by atoms with Crippen LogP contribution in [0.2, 0.25) is 0 Å². The quantitative estimate of drug-likeness (QED) is 0.0279. The fourth-order valence-electron chi connectivity index (χ4n) is 5.59. The number of ether oxygens (including phenoxy) is 10. The summed E-state index contributed by atoms with van der Waals surface area (Å²) < 4.78 is 85.3. The van der Waals surface area contributed by atoms with Crippen molar-refractivity contribution in [3.05, 3.63) is 32.6 Å². The molecule has 372 valence electrons. The number of phosphoric ester groups is 1. The van der Waals surface area contributed by atoms with Crippen LogP contribution in [-0.4, -0.2) is 142 Å². The minimum absolute atomic E-state index is 0.0891. The molecule has 2 heterocycles. The van der Waals surface area contributed by atoms with Gasteiger partial charge in [0, 0.05) is 38.4 Å². The molecule has 0 bridgehead atoms. The highest BCUT2D eigenvalue weighted by atomic mass is 31.2. The van der Waals surface area contributed by atoms with E-state index >= 15 is 4.57 Å². The van der Waals surface area contributed by atoms with Gasteiger partial charge in [-0.2, -0.15) is 0 Å². The molecule has 1 N–H and O–H groups in total. The van der Waals surface area contributed by atoms with Crippen LogP contribution in [0.1, 0.15) is 79.5 Å². The van der Waals surface area contributed by atoms with Crippen LogP contribution in [0.25, 0.3) is 0 Å². The van der Waals surface area contributed by atoms with Crippen molar-refractivity contribution in [2.45, 2.75) is 93.1 Å². The molecule has 26 nitrogen and oxygen atoms in total. The fourth-order valence-corrected chi connectivity index (χ4v) is 6.90. The Morgan fingerprint density at radius 1 is 0.697 bits per heavy atom. The standard InChI is InChI=1S/C39H57N2O24P/c1-9-55-33(47)38(34(48)56-10-2,18-53-22-59-26(7)43)20-62-66(52,63-21-39(35(49)57-11-3,36(50)58-12-4)19-54-23-60-27(8)44)61-17-29-28(65-31(45)14-13-25(6)42)15-30(64-29)41-16-24(5)32(46)40-37(41)51/h16,28-30H,9-15,17-23H2,1-8H3,(H,40,46,51)/t28-,29+,30+/m0/s1. The number of rotatable bonds is 30. The van der Waals surface area contributed by atoms with Gasteiger partial charge in [0.25, 0.3) is 5.56 Å². The molecule has 1 aliphatic heterocycles. The Bertz CT molecular complexity index is 1920. The molecular formula is C39H57N2O24P. The monoisotopic (exact) mass is 968 g/mol. The number of nitrogens with one attached hydrogen (secondary N) is 1. The zero-order valence-corrected chi connectivity index (χ0v) is 38.8. The van der Waals surface area contributed by atoms with E-state index in [-0.39, 0.29) is 57.0 Å². The number of carbonyl (C=O) groups excluding carboxylic acids is 8. The van der Waals surface area contributed by atoms with E-state index in [1.54, 1.807) is 0 Å². The van der Waals surface area contributed by atoms with Crippen molar-refractivity contribution in [2.75, 3.05) is 73.0 Å². The smallest absolute Gasteiger partial charge is 0.465 e. The molecule has 1 aliphatic rings. The summed E-state index contributed by atoms with van der Waals surface area (Å²) in [5.41, 5.74) is -6.91. The van der Waals surface area contributed by atoms with Crippen LogP contribution in [0.5, 0.6) is 0 Å². The van der Waals surface area contributed by atoms with Crippen LogP contribution in [0.15, 0.2) is 15.8 Å². The van der Waals surface area contributed by atoms with Crippen molar-refractivity contribution in [3.8, 4) is 0 Å². The Morgan fingerprint density at radius 3 is 1.56 bits per heavy atom. The lowest BCUT2D eigenvalue weighted by atomic mass is 9.90. The number of hydrogen-bond donors (Lipinski definition) is 1. The van der Waals surface area contributed by atoms with Gasteiger partial charge in [-0.05, 0) is 41.5 Å². The summed E-state index contributed by atoms with van der Waals surface area (Å²) in [6.07, 6.45) is -3.81. The molecule has 0 spiro atoms. The Hall–Kier alpha value is -5.37. The van der Waals surface area contributed by atoms with Crippen molar-refractivity contribution in [3.63, 3.8) is 0 Å². The second-order valence-corrected chi connectivity index (χ2v) is 15.8. The van der Waals surface area contributed by atoms with Gasteiger partial charge in [0.2, 0.25) is 10.8 Å². The van der Waals surface area contributed by atoms with Gasteiger partial charge in [-0.3, -0.25) is 61.5 Å². The first-order valence-electron chi connectivity index (χ1n) is 20.4. The first-order chi connectivity index (χ1) is 31.1. The topological polar surface area (TPSA) is 328 Å².